The zero-order chi connectivity index (χ0) is 18.5. The third kappa shape index (κ3) is 4.21. The standard InChI is InChI=1S/C20H20N2O3S/c1-4-7-15-8-5-6-9-17(15)24-12-16-10-11-18(25-16)19(23)22-20-21-13(2)14(3)26-20/h4-6,8-11H,1,7,12H2,2-3H3,(H,21,22,23). The fourth-order valence-electron chi connectivity index (χ4n) is 2.38. The van der Waals surface area contributed by atoms with Crippen molar-refractivity contribution in [2.75, 3.05) is 5.32 Å². The number of carbonyl (C=O) groups excluding carboxylic acids is 1. The molecule has 0 bridgehead atoms. The SMILES string of the molecule is C=CCc1ccccc1OCc1ccc(C(=O)Nc2nc(C)c(C)s2)o1. The van der Waals surface area contributed by atoms with Crippen molar-refractivity contribution in [2.24, 2.45) is 0 Å². The van der Waals surface area contributed by atoms with Crippen LogP contribution in [0.15, 0.2) is 53.5 Å². The van der Waals surface area contributed by atoms with Crippen LogP contribution in [-0.2, 0) is 13.0 Å². The summed E-state index contributed by atoms with van der Waals surface area (Å²) in [4.78, 5) is 17.6. The Morgan fingerprint density at radius 2 is 2.12 bits per heavy atom. The molecule has 3 aromatic rings. The predicted molar refractivity (Wildman–Crippen MR) is 103 cm³/mol. The lowest BCUT2D eigenvalue weighted by Crippen LogP contribution is -2.10. The van der Waals surface area contributed by atoms with E-state index < -0.39 is 0 Å². The molecule has 6 heteroatoms. The largest absolute Gasteiger partial charge is 0.485 e. The van der Waals surface area contributed by atoms with E-state index in [-0.39, 0.29) is 18.3 Å². The van der Waals surface area contributed by atoms with E-state index in [0.717, 1.165) is 28.3 Å². The number of benzene rings is 1. The van der Waals surface area contributed by atoms with Gasteiger partial charge in [-0.25, -0.2) is 4.98 Å². The Kier molecular flexibility index (Phi) is 5.53. The maximum absolute atomic E-state index is 12.3. The summed E-state index contributed by atoms with van der Waals surface area (Å²) in [6.07, 6.45) is 2.56. The molecule has 0 saturated heterocycles. The van der Waals surface area contributed by atoms with Gasteiger partial charge in [-0.2, -0.15) is 0 Å². The zero-order valence-corrected chi connectivity index (χ0v) is 15.6. The molecule has 5 nitrogen and oxygen atoms in total. The van der Waals surface area contributed by atoms with Crippen LogP contribution in [0.2, 0.25) is 0 Å². The highest BCUT2D eigenvalue weighted by Crippen LogP contribution is 2.23. The molecular weight excluding hydrogens is 348 g/mol. The molecule has 0 aliphatic carbocycles. The van der Waals surface area contributed by atoms with Gasteiger partial charge in [0.2, 0.25) is 0 Å². The first-order valence-electron chi connectivity index (χ1n) is 8.22. The second kappa shape index (κ2) is 8.01. The van der Waals surface area contributed by atoms with Crippen LogP contribution < -0.4 is 10.1 Å². The fraction of sp³-hybridized carbons (Fsp3) is 0.200. The summed E-state index contributed by atoms with van der Waals surface area (Å²) in [5.41, 5.74) is 1.97. The van der Waals surface area contributed by atoms with Crippen LogP contribution in [0.3, 0.4) is 0 Å². The number of nitrogens with zero attached hydrogens (tertiary/aromatic N) is 1. The average molecular weight is 368 g/mol. The first-order chi connectivity index (χ1) is 12.6. The number of aromatic nitrogens is 1. The number of thiazole rings is 1. The molecule has 2 aromatic heterocycles. The van der Waals surface area contributed by atoms with Crippen LogP contribution in [0.25, 0.3) is 0 Å². The molecule has 0 unspecified atom stereocenters. The van der Waals surface area contributed by atoms with E-state index in [1.54, 1.807) is 12.1 Å². The first-order valence-corrected chi connectivity index (χ1v) is 9.04. The van der Waals surface area contributed by atoms with Crippen molar-refractivity contribution in [1.82, 2.24) is 4.98 Å². The summed E-state index contributed by atoms with van der Waals surface area (Å²) >= 11 is 1.44. The highest BCUT2D eigenvalue weighted by Gasteiger charge is 2.14. The molecule has 1 amide bonds. The summed E-state index contributed by atoms with van der Waals surface area (Å²) in [6.45, 7) is 7.88. The summed E-state index contributed by atoms with van der Waals surface area (Å²) in [5.74, 6) is 1.27. The minimum Gasteiger partial charge on any atom is -0.485 e. The van der Waals surface area contributed by atoms with E-state index in [1.807, 2.05) is 44.2 Å². The molecule has 0 radical (unpaired) electrons. The van der Waals surface area contributed by atoms with Crippen LogP contribution in [0.5, 0.6) is 5.75 Å². The number of ether oxygens (including phenoxy) is 1. The van der Waals surface area contributed by atoms with E-state index >= 15 is 0 Å². The number of furan rings is 1. The van der Waals surface area contributed by atoms with Gasteiger partial charge in [0.15, 0.2) is 10.9 Å². The van der Waals surface area contributed by atoms with Gasteiger partial charge in [0.05, 0.1) is 5.69 Å². The lowest BCUT2D eigenvalue weighted by Gasteiger charge is -2.08. The molecule has 3 rings (SSSR count). The van der Waals surface area contributed by atoms with Crippen molar-refractivity contribution in [3.63, 3.8) is 0 Å². The number of carbonyl (C=O) groups is 1. The van der Waals surface area contributed by atoms with Crippen molar-refractivity contribution in [3.05, 3.63) is 76.7 Å². The number of hydrogen-bond donors (Lipinski definition) is 1. The van der Waals surface area contributed by atoms with Gasteiger partial charge in [0.1, 0.15) is 18.1 Å². The predicted octanol–water partition coefficient (Wildman–Crippen LogP) is 4.91. The van der Waals surface area contributed by atoms with Crippen LogP contribution in [0, 0.1) is 13.8 Å². The minimum absolute atomic E-state index is 0.230. The first kappa shape index (κ1) is 17.9. The van der Waals surface area contributed by atoms with Crippen LogP contribution >= 0.6 is 11.3 Å². The van der Waals surface area contributed by atoms with Gasteiger partial charge in [-0.05, 0) is 44.0 Å². The molecular formula is C20H20N2O3S. The van der Waals surface area contributed by atoms with E-state index in [1.165, 1.54) is 11.3 Å². The van der Waals surface area contributed by atoms with Gasteiger partial charge < -0.3 is 9.15 Å². The Labute approximate surface area is 156 Å². The third-order valence-corrected chi connectivity index (χ3v) is 4.83. The fourth-order valence-corrected chi connectivity index (χ4v) is 3.19. The topological polar surface area (TPSA) is 64.4 Å². The molecule has 0 aliphatic rings. The Morgan fingerprint density at radius 1 is 1.31 bits per heavy atom. The Morgan fingerprint density at radius 3 is 2.85 bits per heavy atom. The van der Waals surface area contributed by atoms with Crippen molar-refractivity contribution in [2.45, 2.75) is 26.9 Å². The lowest BCUT2D eigenvalue weighted by molar-refractivity contribution is 0.0992. The summed E-state index contributed by atoms with van der Waals surface area (Å²) in [6, 6.07) is 11.2. The number of hydrogen-bond acceptors (Lipinski definition) is 5. The molecule has 26 heavy (non-hydrogen) atoms. The second-order valence-electron chi connectivity index (χ2n) is 5.77. The maximum atomic E-state index is 12.3. The number of nitrogens with one attached hydrogen (secondary N) is 1. The van der Waals surface area contributed by atoms with E-state index in [0.29, 0.717) is 10.9 Å². The van der Waals surface area contributed by atoms with Crippen LogP contribution in [0.4, 0.5) is 5.13 Å². The average Bonchev–Trinajstić information content (AvgIpc) is 3.21. The van der Waals surface area contributed by atoms with Crippen molar-refractivity contribution < 1.29 is 13.9 Å². The monoisotopic (exact) mass is 368 g/mol. The highest BCUT2D eigenvalue weighted by atomic mass is 32.1. The third-order valence-electron chi connectivity index (χ3n) is 3.84. The number of rotatable bonds is 7. The summed E-state index contributed by atoms with van der Waals surface area (Å²) in [5, 5.41) is 3.32. The molecule has 0 saturated carbocycles. The number of anilines is 1. The van der Waals surface area contributed by atoms with Crippen LogP contribution in [-0.4, -0.2) is 10.9 Å². The van der Waals surface area contributed by atoms with E-state index in [2.05, 4.69) is 16.9 Å². The number of allylic oxidation sites excluding steroid dienone is 1. The van der Waals surface area contributed by atoms with Crippen molar-refractivity contribution >= 4 is 22.4 Å². The molecule has 0 spiro atoms. The van der Waals surface area contributed by atoms with E-state index in [9.17, 15) is 4.79 Å². The normalized spacial score (nSPS) is 10.5. The smallest absolute Gasteiger partial charge is 0.293 e. The Bertz CT molecular complexity index is 907. The molecule has 2 heterocycles. The molecule has 1 aromatic carbocycles. The van der Waals surface area contributed by atoms with Gasteiger partial charge >= 0.3 is 0 Å². The van der Waals surface area contributed by atoms with Crippen molar-refractivity contribution in [3.8, 4) is 5.75 Å². The highest BCUT2D eigenvalue weighted by molar-refractivity contribution is 7.15. The van der Waals surface area contributed by atoms with Gasteiger partial charge in [0.25, 0.3) is 5.91 Å². The Hall–Kier alpha value is -2.86. The summed E-state index contributed by atoms with van der Waals surface area (Å²) in [7, 11) is 0. The van der Waals surface area contributed by atoms with Gasteiger partial charge in [0, 0.05) is 4.88 Å². The van der Waals surface area contributed by atoms with Gasteiger partial charge in [-0.3, -0.25) is 10.1 Å². The number of amides is 1. The Balaban J connectivity index is 1.63. The van der Waals surface area contributed by atoms with Gasteiger partial charge in [-0.1, -0.05) is 24.3 Å². The quantitative estimate of drug-likeness (QED) is 0.602. The van der Waals surface area contributed by atoms with Gasteiger partial charge in [-0.15, -0.1) is 17.9 Å². The lowest BCUT2D eigenvalue weighted by atomic mass is 10.1. The molecule has 1 N–H and O–H groups in total. The van der Waals surface area contributed by atoms with Crippen molar-refractivity contribution in [1.29, 1.82) is 0 Å². The molecule has 0 aliphatic heterocycles. The zero-order valence-electron chi connectivity index (χ0n) is 14.7. The summed E-state index contributed by atoms with van der Waals surface area (Å²) < 4.78 is 11.4. The maximum Gasteiger partial charge on any atom is 0.293 e. The molecule has 0 fully saturated rings. The molecule has 134 valence electrons. The van der Waals surface area contributed by atoms with E-state index in [4.69, 9.17) is 9.15 Å². The number of para-hydroxylation sites is 1. The molecule has 0 atom stereocenters. The number of aryl methyl sites for hydroxylation is 2. The second-order valence-corrected chi connectivity index (χ2v) is 6.97. The van der Waals surface area contributed by atoms with Crippen LogP contribution in [0.1, 0.15) is 32.4 Å². The minimum atomic E-state index is -0.322.